The van der Waals surface area contributed by atoms with Gasteiger partial charge < -0.3 is 4.90 Å². The molecule has 2 aromatic rings. The van der Waals surface area contributed by atoms with Gasteiger partial charge in [-0.25, -0.2) is 4.98 Å². The lowest BCUT2D eigenvalue weighted by molar-refractivity contribution is 0.123. The first-order valence-corrected chi connectivity index (χ1v) is 7.93. The van der Waals surface area contributed by atoms with Crippen molar-refractivity contribution >= 4 is 22.5 Å². The van der Waals surface area contributed by atoms with Gasteiger partial charge in [0.05, 0.1) is 10.9 Å². The Morgan fingerprint density at radius 3 is 3.00 bits per heavy atom. The summed E-state index contributed by atoms with van der Waals surface area (Å²) in [5, 5.41) is 1.22. The van der Waals surface area contributed by atoms with Crippen LogP contribution >= 0.6 is 11.6 Å². The van der Waals surface area contributed by atoms with E-state index in [2.05, 4.69) is 11.9 Å². The van der Waals surface area contributed by atoms with Gasteiger partial charge >= 0.3 is 0 Å². The highest BCUT2D eigenvalue weighted by atomic mass is 35.5. The maximum Gasteiger partial charge on any atom is 0.261 e. The smallest absolute Gasteiger partial charge is 0.261 e. The van der Waals surface area contributed by atoms with E-state index in [-0.39, 0.29) is 5.56 Å². The van der Waals surface area contributed by atoms with Crippen molar-refractivity contribution in [1.29, 1.82) is 0 Å². The third-order valence-electron chi connectivity index (χ3n) is 4.98. The molecule has 1 fully saturated rings. The van der Waals surface area contributed by atoms with Gasteiger partial charge in [0, 0.05) is 23.5 Å². The fourth-order valence-electron chi connectivity index (χ4n) is 3.92. The molecule has 0 bridgehead atoms. The number of halogens is 1. The van der Waals surface area contributed by atoms with Crippen molar-refractivity contribution in [2.75, 3.05) is 13.6 Å². The maximum atomic E-state index is 12.7. The molecular weight excluding hydrogens is 286 g/mol. The van der Waals surface area contributed by atoms with Crippen molar-refractivity contribution in [3.05, 3.63) is 39.4 Å². The van der Waals surface area contributed by atoms with Crippen molar-refractivity contribution in [1.82, 2.24) is 14.5 Å². The Hall–Kier alpha value is -1.39. The van der Waals surface area contributed by atoms with Crippen LogP contribution in [0.5, 0.6) is 0 Å². The minimum atomic E-state index is 0.0594. The number of hydrogen-bond donors (Lipinski definition) is 0. The number of likely N-dealkylation sites (tertiary alicyclic amines) is 1. The minimum absolute atomic E-state index is 0.0594. The van der Waals surface area contributed by atoms with E-state index in [1.54, 1.807) is 12.1 Å². The van der Waals surface area contributed by atoms with Crippen molar-refractivity contribution in [2.45, 2.75) is 37.8 Å². The van der Waals surface area contributed by atoms with Crippen LogP contribution < -0.4 is 5.56 Å². The van der Waals surface area contributed by atoms with Crippen LogP contribution in [0.15, 0.2) is 23.0 Å². The number of likely N-dealkylation sites (N-methyl/N-ethyl adjacent to an activating group) is 1. The minimum Gasteiger partial charge on any atom is -0.303 e. The van der Waals surface area contributed by atoms with Gasteiger partial charge in [-0.05, 0) is 51.1 Å². The third-order valence-corrected chi connectivity index (χ3v) is 5.22. The van der Waals surface area contributed by atoms with Crippen LogP contribution in [0.3, 0.4) is 0 Å². The van der Waals surface area contributed by atoms with E-state index in [1.807, 2.05) is 10.6 Å². The number of fused-ring (bicyclic) bond motifs is 4. The van der Waals surface area contributed by atoms with E-state index < -0.39 is 0 Å². The second-order valence-electron chi connectivity index (χ2n) is 6.17. The lowest BCUT2D eigenvalue weighted by Gasteiger charge is -2.42. The van der Waals surface area contributed by atoms with E-state index in [4.69, 9.17) is 16.6 Å². The molecule has 1 saturated heterocycles. The molecule has 0 aliphatic carbocycles. The van der Waals surface area contributed by atoms with E-state index in [0.717, 1.165) is 37.3 Å². The molecule has 0 radical (unpaired) electrons. The molecule has 1 aromatic carbocycles. The first-order chi connectivity index (χ1) is 10.1. The van der Waals surface area contributed by atoms with Gasteiger partial charge in [0.15, 0.2) is 0 Å². The highest BCUT2D eigenvalue weighted by Gasteiger charge is 2.36. The molecule has 4 rings (SSSR count). The van der Waals surface area contributed by atoms with E-state index in [1.165, 1.54) is 6.42 Å². The van der Waals surface area contributed by atoms with Crippen LogP contribution in [0.2, 0.25) is 5.02 Å². The van der Waals surface area contributed by atoms with E-state index in [0.29, 0.717) is 22.4 Å². The van der Waals surface area contributed by atoms with E-state index in [9.17, 15) is 4.79 Å². The van der Waals surface area contributed by atoms with Gasteiger partial charge in [-0.3, -0.25) is 9.36 Å². The predicted octanol–water partition coefficient (Wildman–Crippen LogP) is 2.63. The van der Waals surface area contributed by atoms with Crippen LogP contribution in [0.25, 0.3) is 10.9 Å². The highest BCUT2D eigenvalue weighted by Crippen LogP contribution is 2.36. The molecular formula is C16H18ClN3O. The van der Waals surface area contributed by atoms with Gasteiger partial charge in [-0.15, -0.1) is 0 Å². The largest absolute Gasteiger partial charge is 0.303 e. The summed E-state index contributed by atoms with van der Waals surface area (Å²) in [4.78, 5) is 20.0. The Morgan fingerprint density at radius 1 is 1.29 bits per heavy atom. The van der Waals surface area contributed by atoms with Crippen LogP contribution in [-0.4, -0.2) is 34.1 Å². The van der Waals surface area contributed by atoms with Crippen molar-refractivity contribution < 1.29 is 0 Å². The molecule has 0 amide bonds. The molecule has 21 heavy (non-hydrogen) atoms. The molecule has 0 unspecified atom stereocenters. The Bertz CT molecular complexity index is 770. The standard InChI is InChI=1S/C16H18ClN3O/c1-19-7-2-3-11-14(19)6-8-20-15(11)18-13-5-4-10(17)9-12(13)16(20)21/h4-5,9,11,14H,2-3,6-8H2,1H3/t11-,14+/m0/s1. The van der Waals surface area contributed by atoms with Gasteiger partial charge in [0.25, 0.3) is 5.56 Å². The number of hydrogen-bond acceptors (Lipinski definition) is 3. The summed E-state index contributed by atoms with van der Waals surface area (Å²) in [6.45, 7) is 1.91. The normalized spacial score (nSPS) is 25.6. The zero-order valence-corrected chi connectivity index (χ0v) is 12.8. The predicted molar refractivity (Wildman–Crippen MR) is 84.0 cm³/mol. The first-order valence-electron chi connectivity index (χ1n) is 7.55. The lowest BCUT2D eigenvalue weighted by Crippen LogP contribution is -2.47. The average molecular weight is 304 g/mol. The zero-order chi connectivity index (χ0) is 14.6. The number of benzene rings is 1. The zero-order valence-electron chi connectivity index (χ0n) is 12.1. The van der Waals surface area contributed by atoms with Crippen LogP contribution in [0.4, 0.5) is 0 Å². The quantitative estimate of drug-likeness (QED) is 0.751. The van der Waals surface area contributed by atoms with Gasteiger partial charge in [-0.2, -0.15) is 0 Å². The summed E-state index contributed by atoms with van der Waals surface area (Å²) in [6, 6.07) is 5.92. The monoisotopic (exact) mass is 303 g/mol. The second-order valence-corrected chi connectivity index (χ2v) is 6.61. The number of nitrogens with zero attached hydrogens (tertiary/aromatic N) is 3. The molecule has 1 aromatic heterocycles. The summed E-state index contributed by atoms with van der Waals surface area (Å²) in [5.74, 6) is 1.35. The van der Waals surface area contributed by atoms with Gasteiger partial charge in [0.1, 0.15) is 5.82 Å². The molecule has 0 saturated carbocycles. The van der Waals surface area contributed by atoms with Gasteiger partial charge in [-0.1, -0.05) is 11.6 Å². The summed E-state index contributed by atoms with van der Waals surface area (Å²) in [5.41, 5.74) is 0.828. The second kappa shape index (κ2) is 4.82. The molecule has 2 aliphatic heterocycles. The van der Waals surface area contributed by atoms with Gasteiger partial charge in [0.2, 0.25) is 0 Å². The number of piperidine rings is 1. The molecule has 0 spiro atoms. The van der Waals surface area contributed by atoms with Crippen molar-refractivity contribution in [2.24, 2.45) is 0 Å². The summed E-state index contributed by atoms with van der Waals surface area (Å²) in [6.07, 6.45) is 3.33. The first kappa shape index (κ1) is 13.3. The highest BCUT2D eigenvalue weighted by molar-refractivity contribution is 6.31. The fourth-order valence-corrected chi connectivity index (χ4v) is 4.09. The molecule has 2 atom stereocenters. The lowest BCUT2D eigenvalue weighted by atomic mass is 9.84. The Kier molecular flexibility index (Phi) is 3.05. The Balaban J connectivity index is 1.94. The van der Waals surface area contributed by atoms with E-state index >= 15 is 0 Å². The number of aromatic nitrogens is 2. The molecule has 5 heteroatoms. The van der Waals surface area contributed by atoms with Crippen LogP contribution in [0, 0.1) is 0 Å². The van der Waals surface area contributed by atoms with Crippen molar-refractivity contribution in [3.8, 4) is 0 Å². The van der Waals surface area contributed by atoms with Crippen LogP contribution in [-0.2, 0) is 6.54 Å². The molecule has 3 heterocycles. The third kappa shape index (κ3) is 2.00. The fraction of sp³-hybridized carbons (Fsp3) is 0.500. The molecule has 2 aliphatic rings. The molecule has 0 N–H and O–H groups in total. The topological polar surface area (TPSA) is 38.1 Å². The Labute approximate surface area is 128 Å². The molecule has 110 valence electrons. The van der Waals surface area contributed by atoms with Crippen molar-refractivity contribution in [3.63, 3.8) is 0 Å². The Morgan fingerprint density at radius 2 is 2.14 bits per heavy atom. The number of rotatable bonds is 0. The molecule has 4 nitrogen and oxygen atoms in total. The summed E-state index contributed by atoms with van der Waals surface area (Å²) in [7, 11) is 2.19. The summed E-state index contributed by atoms with van der Waals surface area (Å²) >= 11 is 6.02. The maximum absolute atomic E-state index is 12.7. The average Bonchev–Trinajstić information content (AvgIpc) is 2.48. The summed E-state index contributed by atoms with van der Waals surface area (Å²) < 4.78 is 1.87. The van der Waals surface area contributed by atoms with Crippen LogP contribution in [0.1, 0.15) is 31.0 Å². The SMILES string of the molecule is CN1CCC[C@@H]2c3nc4ccc(Cl)cc4c(=O)n3CC[C@H]21.